The second kappa shape index (κ2) is 10.5. The van der Waals surface area contributed by atoms with E-state index in [4.69, 9.17) is 4.74 Å². The maximum atomic E-state index is 12.5. The number of ketones is 1. The monoisotopic (exact) mass is 382 g/mol. The van der Waals surface area contributed by atoms with E-state index in [1.165, 1.54) is 18.2 Å². The summed E-state index contributed by atoms with van der Waals surface area (Å²) < 4.78 is 5.98. The summed E-state index contributed by atoms with van der Waals surface area (Å²) in [6, 6.07) is 8.10. The second-order valence-corrected chi connectivity index (χ2v) is 6.87. The van der Waals surface area contributed by atoms with Crippen molar-refractivity contribution in [2.75, 3.05) is 6.61 Å². The van der Waals surface area contributed by atoms with Crippen LogP contribution in [0.1, 0.15) is 67.1 Å². The van der Waals surface area contributed by atoms with E-state index in [1.807, 2.05) is 13.0 Å². The predicted octanol–water partition coefficient (Wildman–Crippen LogP) is 5.69. The second-order valence-electron chi connectivity index (χ2n) is 6.87. The molecular formula is C24H30O4. The number of benzene rings is 2. The van der Waals surface area contributed by atoms with Crippen LogP contribution in [-0.4, -0.2) is 22.6 Å². The molecule has 0 aliphatic heterocycles. The molecule has 0 aliphatic carbocycles. The van der Waals surface area contributed by atoms with E-state index in [1.54, 1.807) is 18.2 Å². The SMILES string of the molecule is CCCOc1c(C=CC(=O)c2ccc(O)cc2)cc(CCC)c(O)c1CCC. The number of ether oxygens (including phenoxy) is 1. The fraction of sp³-hybridized carbons (Fsp3) is 0.375. The van der Waals surface area contributed by atoms with E-state index in [0.29, 0.717) is 23.7 Å². The lowest BCUT2D eigenvalue weighted by Crippen LogP contribution is -2.04. The molecule has 0 unspecified atom stereocenters. The Balaban J connectivity index is 2.46. The minimum Gasteiger partial charge on any atom is -0.508 e. The largest absolute Gasteiger partial charge is 0.508 e. The summed E-state index contributed by atoms with van der Waals surface area (Å²) >= 11 is 0. The number of phenols is 2. The van der Waals surface area contributed by atoms with Crippen LogP contribution in [0, 0.1) is 0 Å². The molecule has 4 nitrogen and oxygen atoms in total. The van der Waals surface area contributed by atoms with Crippen LogP contribution in [0.5, 0.6) is 17.2 Å². The lowest BCUT2D eigenvalue weighted by atomic mass is 9.96. The predicted molar refractivity (Wildman–Crippen MR) is 113 cm³/mol. The van der Waals surface area contributed by atoms with Crippen molar-refractivity contribution < 1.29 is 19.7 Å². The highest BCUT2D eigenvalue weighted by Gasteiger charge is 2.17. The quantitative estimate of drug-likeness (QED) is 0.409. The topological polar surface area (TPSA) is 66.8 Å². The summed E-state index contributed by atoms with van der Waals surface area (Å²) in [4.78, 5) is 12.5. The molecule has 0 saturated heterocycles. The molecule has 2 aromatic rings. The smallest absolute Gasteiger partial charge is 0.185 e. The average molecular weight is 383 g/mol. The van der Waals surface area contributed by atoms with Crippen LogP contribution < -0.4 is 4.74 Å². The molecular weight excluding hydrogens is 352 g/mol. The molecule has 0 aliphatic rings. The van der Waals surface area contributed by atoms with E-state index in [2.05, 4.69) is 13.8 Å². The molecule has 0 atom stereocenters. The molecule has 0 heterocycles. The Morgan fingerprint density at radius 2 is 1.68 bits per heavy atom. The van der Waals surface area contributed by atoms with Gasteiger partial charge in [-0.3, -0.25) is 4.79 Å². The van der Waals surface area contributed by atoms with Crippen molar-refractivity contribution in [3.63, 3.8) is 0 Å². The fourth-order valence-electron chi connectivity index (χ4n) is 3.12. The minimum absolute atomic E-state index is 0.128. The third-order valence-electron chi connectivity index (χ3n) is 4.49. The molecule has 2 rings (SSSR count). The Morgan fingerprint density at radius 1 is 1.00 bits per heavy atom. The third-order valence-corrected chi connectivity index (χ3v) is 4.49. The van der Waals surface area contributed by atoms with Crippen molar-refractivity contribution in [2.45, 2.75) is 52.9 Å². The van der Waals surface area contributed by atoms with Gasteiger partial charge in [0.05, 0.1) is 6.61 Å². The molecule has 2 N–H and O–H groups in total. The maximum Gasteiger partial charge on any atom is 0.185 e. The molecule has 0 aromatic heterocycles. The van der Waals surface area contributed by atoms with Crippen LogP contribution >= 0.6 is 0 Å². The molecule has 0 bridgehead atoms. The number of hydrogen-bond acceptors (Lipinski definition) is 4. The first-order valence-electron chi connectivity index (χ1n) is 10.0. The molecule has 2 aromatic carbocycles. The summed E-state index contributed by atoms with van der Waals surface area (Å²) in [5.41, 5.74) is 3.02. The van der Waals surface area contributed by atoms with E-state index in [-0.39, 0.29) is 11.5 Å². The van der Waals surface area contributed by atoms with Crippen LogP contribution in [0.4, 0.5) is 0 Å². The van der Waals surface area contributed by atoms with Gasteiger partial charge in [0.15, 0.2) is 5.78 Å². The lowest BCUT2D eigenvalue weighted by Gasteiger charge is -2.18. The molecule has 150 valence electrons. The summed E-state index contributed by atoms with van der Waals surface area (Å²) in [5.74, 6) is 0.957. The molecule has 0 amide bonds. The lowest BCUT2D eigenvalue weighted by molar-refractivity contribution is 0.104. The van der Waals surface area contributed by atoms with Gasteiger partial charge in [0.25, 0.3) is 0 Å². The Bertz CT molecular complexity index is 819. The molecule has 0 fully saturated rings. The van der Waals surface area contributed by atoms with Crippen LogP contribution in [0.2, 0.25) is 0 Å². The standard InChI is InChI=1S/C24H30O4/c1-4-7-18-16-19(11-14-22(26)17-9-12-20(25)13-10-17)24(28-15-6-3)21(8-5-2)23(18)27/h9-14,16,25,27H,4-8,15H2,1-3H3. The number of carbonyl (C=O) groups is 1. The minimum atomic E-state index is -0.149. The molecule has 28 heavy (non-hydrogen) atoms. The van der Waals surface area contributed by atoms with E-state index in [0.717, 1.165) is 48.8 Å². The first-order valence-corrected chi connectivity index (χ1v) is 10.0. The van der Waals surface area contributed by atoms with Gasteiger partial charge in [0.2, 0.25) is 0 Å². The Labute approximate surface area is 167 Å². The highest BCUT2D eigenvalue weighted by atomic mass is 16.5. The van der Waals surface area contributed by atoms with Crippen LogP contribution in [0.15, 0.2) is 36.4 Å². The van der Waals surface area contributed by atoms with Gasteiger partial charge in [-0.05, 0) is 67.3 Å². The van der Waals surface area contributed by atoms with E-state index in [9.17, 15) is 15.0 Å². The Kier molecular flexibility index (Phi) is 8.12. The van der Waals surface area contributed by atoms with Gasteiger partial charge in [-0.15, -0.1) is 0 Å². The van der Waals surface area contributed by atoms with Gasteiger partial charge < -0.3 is 14.9 Å². The van der Waals surface area contributed by atoms with Gasteiger partial charge in [-0.1, -0.05) is 33.6 Å². The molecule has 4 heteroatoms. The van der Waals surface area contributed by atoms with Crippen molar-refractivity contribution in [2.24, 2.45) is 0 Å². The summed E-state index contributed by atoms with van der Waals surface area (Å²) in [6.07, 6.45) is 7.43. The molecule has 0 saturated carbocycles. The van der Waals surface area contributed by atoms with E-state index >= 15 is 0 Å². The number of allylic oxidation sites excluding steroid dienone is 1. The van der Waals surface area contributed by atoms with Crippen LogP contribution in [0.25, 0.3) is 6.08 Å². The number of rotatable bonds is 10. The van der Waals surface area contributed by atoms with Gasteiger partial charge in [0.1, 0.15) is 17.2 Å². The van der Waals surface area contributed by atoms with Crippen molar-refractivity contribution in [3.05, 3.63) is 58.7 Å². The highest BCUT2D eigenvalue weighted by molar-refractivity contribution is 6.07. The first-order chi connectivity index (χ1) is 13.5. The summed E-state index contributed by atoms with van der Waals surface area (Å²) in [7, 11) is 0. The zero-order chi connectivity index (χ0) is 20.5. The average Bonchev–Trinajstić information content (AvgIpc) is 2.69. The van der Waals surface area contributed by atoms with Crippen molar-refractivity contribution in [3.8, 4) is 17.2 Å². The number of aryl methyl sites for hydroxylation is 1. The van der Waals surface area contributed by atoms with Gasteiger partial charge >= 0.3 is 0 Å². The van der Waals surface area contributed by atoms with Crippen molar-refractivity contribution >= 4 is 11.9 Å². The Morgan fingerprint density at radius 3 is 2.29 bits per heavy atom. The van der Waals surface area contributed by atoms with Crippen LogP contribution in [-0.2, 0) is 12.8 Å². The zero-order valence-electron chi connectivity index (χ0n) is 17.0. The first kappa shape index (κ1) is 21.5. The van der Waals surface area contributed by atoms with Gasteiger partial charge in [-0.2, -0.15) is 0 Å². The van der Waals surface area contributed by atoms with Gasteiger partial charge in [0, 0.05) is 16.7 Å². The number of aromatic hydroxyl groups is 2. The maximum absolute atomic E-state index is 12.5. The van der Waals surface area contributed by atoms with Crippen LogP contribution in [0.3, 0.4) is 0 Å². The third kappa shape index (κ3) is 5.38. The number of hydrogen-bond donors (Lipinski definition) is 2. The summed E-state index contributed by atoms with van der Waals surface area (Å²) in [5, 5.41) is 20.1. The van der Waals surface area contributed by atoms with Crippen molar-refractivity contribution in [1.82, 2.24) is 0 Å². The number of carbonyl (C=O) groups excluding carboxylic acids is 1. The van der Waals surface area contributed by atoms with E-state index < -0.39 is 0 Å². The highest BCUT2D eigenvalue weighted by Crippen LogP contribution is 2.37. The zero-order valence-corrected chi connectivity index (χ0v) is 17.0. The normalized spacial score (nSPS) is 11.1. The molecule has 0 spiro atoms. The molecule has 0 radical (unpaired) electrons. The fourth-order valence-corrected chi connectivity index (χ4v) is 3.12. The Hall–Kier alpha value is -2.75. The number of phenolic OH excluding ortho intramolecular Hbond substituents is 2. The van der Waals surface area contributed by atoms with Crippen molar-refractivity contribution in [1.29, 1.82) is 0 Å². The van der Waals surface area contributed by atoms with Gasteiger partial charge in [-0.25, -0.2) is 0 Å². The summed E-state index contributed by atoms with van der Waals surface area (Å²) in [6.45, 7) is 6.73.